The normalized spacial score (nSPS) is 28.3. The molecule has 4 rings (SSSR count). The zero-order valence-corrected chi connectivity index (χ0v) is 17.3. The van der Waals surface area contributed by atoms with Crippen molar-refractivity contribution in [3.05, 3.63) is 34.9 Å². The van der Waals surface area contributed by atoms with Gasteiger partial charge in [0, 0.05) is 35.0 Å². The minimum atomic E-state index is -0.548. The molecule has 27 heavy (non-hydrogen) atoms. The first-order chi connectivity index (χ1) is 13.0. The predicted octanol–water partition coefficient (Wildman–Crippen LogP) is 2.28. The lowest BCUT2D eigenvalue weighted by Crippen LogP contribution is -2.52. The molecule has 1 saturated carbocycles. The van der Waals surface area contributed by atoms with Crippen LogP contribution in [0.2, 0.25) is 0 Å². The number of benzene rings is 1. The van der Waals surface area contributed by atoms with Crippen molar-refractivity contribution in [3.8, 4) is 0 Å². The Morgan fingerprint density at radius 3 is 2.63 bits per heavy atom. The summed E-state index contributed by atoms with van der Waals surface area (Å²) in [5.41, 5.74) is 2.82. The molecule has 2 aliphatic heterocycles. The smallest absolute Gasteiger partial charge is 0.255 e. The minimum Gasteiger partial charge on any atom is -0.322 e. The van der Waals surface area contributed by atoms with Crippen molar-refractivity contribution in [2.24, 2.45) is 0 Å². The van der Waals surface area contributed by atoms with Gasteiger partial charge in [-0.2, -0.15) is 0 Å². The Morgan fingerprint density at radius 2 is 1.89 bits per heavy atom. The minimum absolute atomic E-state index is 0.112. The van der Waals surface area contributed by atoms with Crippen LogP contribution in [0.5, 0.6) is 0 Å². The van der Waals surface area contributed by atoms with Crippen molar-refractivity contribution in [2.45, 2.75) is 67.6 Å². The van der Waals surface area contributed by atoms with Gasteiger partial charge in [0.1, 0.15) is 6.04 Å². The highest BCUT2D eigenvalue weighted by Crippen LogP contribution is 2.29. The van der Waals surface area contributed by atoms with E-state index in [9.17, 15) is 14.4 Å². The third kappa shape index (κ3) is 4.03. The lowest BCUT2D eigenvalue weighted by molar-refractivity contribution is -0.136. The molecule has 0 spiro atoms. The second-order valence-electron chi connectivity index (χ2n) is 7.72. The maximum atomic E-state index is 12.7. The van der Waals surface area contributed by atoms with Crippen LogP contribution in [0.1, 0.15) is 60.0 Å². The van der Waals surface area contributed by atoms with Gasteiger partial charge in [0.25, 0.3) is 5.91 Å². The number of carbonyl (C=O) groups is 3. The number of hydrogen-bond donors (Lipinski definition) is 2. The number of hydrogen-bond acceptors (Lipinski definition) is 4. The van der Waals surface area contributed by atoms with Gasteiger partial charge in [-0.15, -0.1) is 0 Å². The summed E-state index contributed by atoms with van der Waals surface area (Å²) in [4.78, 5) is 37.8. The standard InChI is InChI=1S/C20H24IN3O3/c21-14-2-4-15(5-3-14)22-10-12-1-6-16-13(9-12)11-24(20(16)27)17-7-8-18(25)23-19(17)26/h1,6,9,14-15,17,22H,2-5,7-8,10-11H2,(H,23,25,26)/t14-,15+,17?. The molecule has 0 bridgehead atoms. The number of rotatable bonds is 4. The van der Waals surface area contributed by atoms with Crippen molar-refractivity contribution in [3.63, 3.8) is 0 Å². The Hall–Kier alpha value is -1.48. The van der Waals surface area contributed by atoms with E-state index in [1.165, 1.54) is 31.2 Å². The van der Waals surface area contributed by atoms with Crippen LogP contribution < -0.4 is 10.6 Å². The molecule has 1 aromatic carbocycles. The summed E-state index contributed by atoms with van der Waals surface area (Å²) >= 11 is 2.54. The van der Waals surface area contributed by atoms with E-state index in [4.69, 9.17) is 0 Å². The zero-order valence-electron chi connectivity index (χ0n) is 15.2. The van der Waals surface area contributed by atoms with E-state index < -0.39 is 6.04 Å². The second kappa shape index (κ2) is 7.87. The van der Waals surface area contributed by atoms with E-state index >= 15 is 0 Å². The van der Waals surface area contributed by atoms with Gasteiger partial charge >= 0.3 is 0 Å². The number of carbonyl (C=O) groups excluding carboxylic acids is 3. The number of nitrogens with one attached hydrogen (secondary N) is 2. The Kier molecular flexibility index (Phi) is 5.50. The van der Waals surface area contributed by atoms with Crippen molar-refractivity contribution in [1.29, 1.82) is 0 Å². The quantitative estimate of drug-likeness (QED) is 0.393. The van der Waals surface area contributed by atoms with Gasteiger partial charge in [0.05, 0.1) is 0 Å². The summed E-state index contributed by atoms with van der Waals surface area (Å²) in [5, 5.41) is 5.99. The first-order valence-corrected chi connectivity index (χ1v) is 10.9. The molecule has 144 valence electrons. The molecule has 6 nitrogen and oxygen atoms in total. The van der Waals surface area contributed by atoms with Crippen LogP contribution in [0.4, 0.5) is 0 Å². The molecule has 1 unspecified atom stereocenters. The van der Waals surface area contributed by atoms with Crippen molar-refractivity contribution in [2.75, 3.05) is 0 Å². The molecule has 2 fully saturated rings. The second-order valence-corrected chi connectivity index (χ2v) is 9.48. The zero-order chi connectivity index (χ0) is 19.0. The summed E-state index contributed by atoms with van der Waals surface area (Å²) in [6, 6.07) is 5.98. The number of imide groups is 1. The number of piperidine rings is 1. The molecule has 1 saturated heterocycles. The molecule has 7 heteroatoms. The van der Waals surface area contributed by atoms with Gasteiger partial charge in [-0.25, -0.2) is 0 Å². The summed E-state index contributed by atoms with van der Waals surface area (Å²) in [5.74, 6) is -0.732. The van der Waals surface area contributed by atoms with E-state index in [1.54, 1.807) is 4.90 Å². The lowest BCUT2D eigenvalue weighted by atomic mass is 9.95. The third-order valence-corrected chi connectivity index (χ3v) is 7.09. The molecular formula is C20H24IN3O3. The van der Waals surface area contributed by atoms with Crippen LogP contribution in [0.15, 0.2) is 18.2 Å². The van der Waals surface area contributed by atoms with Crippen LogP contribution in [-0.2, 0) is 22.7 Å². The molecule has 0 aromatic heterocycles. The number of amides is 3. The Balaban J connectivity index is 1.40. The Labute approximate surface area is 172 Å². The molecule has 0 radical (unpaired) electrons. The SMILES string of the molecule is O=C1CCC(N2Cc3cc(CN[C@H]4CC[C@@H](I)CC4)ccc3C2=O)C(=O)N1. The number of fused-ring (bicyclic) bond motifs is 1. The van der Waals surface area contributed by atoms with E-state index in [1.807, 2.05) is 12.1 Å². The van der Waals surface area contributed by atoms with E-state index in [0.29, 0.717) is 24.6 Å². The summed E-state index contributed by atoms with van der Waals surface area (Å²) in [6.45, 7) is 1.24. The first-order valence-electron chi connectivity index (χ1n) is 9.65. The molecule has 1 atom stereocenters. The Bertz CT molecular complexity index is 774. The van der Waals surface area contributed by atoms with E-state index in [2.05, 4.69) is 39.3 Å². The van der Waals surface area contributed by atoms with Gasteiger partial charge in [0.15, 0.2) is 0 Å². The molecule has 3 amide bonds. The fraction of sp³-hybridized carbons (Fsp3) is 0.550. The van der Waals surface area contributed by atoms with Crippen LogP contribution >= 0.6 is 22.6 Å². The van der Waals surface area contributed by atoms with Crippen LogP contribution in [0, 0.1) is 0 Å². The largest absolute Gasteiger partial charge is 0.322 e. The predicted molar refractivity (Wildman–Crippen MR) is 109 cm³/mol. The van der Waals surface area contributed by atoms with Gasteiger partial charge < -0.3 is 10.2 Å². The molecule has 3 aliphatic rings. The molecule has 2 N–H and O–H groups in total. The number of alkyl halides is 1. The van der Waals surface area contributed by atoms with Crippen molar-refractivity contribution in [1.82, 2.24) is 15.5 Å². The topological polar surface area (TPSA) is 78.5 Å². The highest BCUT2D eigenvalue weighted by Gasteiger charge is 2.39. The van der Waals surface area contributed by atoms with Crippen LogP contribution in [0.3, 0.4) is 0 Å². The number of nitrogens with zero attached hydrogens (tertiary/aromatic N) is 1. The monoisotopic (exact) mass is 481 g/mol. The van der Waals surface area contributed by atoms with Crippen LogP contribution in [-0.4, -0.2) is 38.6 Å². The maximum absolute atomic E-state index is 12.7. The lowest BCUT2D eigenvalue weighted by Gasteiger charge is -2.29. The van der Waals surface area contributed by atoms with Gasteiger partial charge in [-0.3, -0.25) is 19.7 Å². The highest BCUT2D eigenvalue weighted by molar-refractivity contribution is 14.1. The first kappa shape index (κ1) is 18.9. The molecule has 2 heterocycles. The fourth-order valence-electron chi connectivity index (χ4n) is 4.26. The molecule has 1 aliphatic carbocycles. The summed E-state index contributed by atoms with van der Waals surface area (Å²) in [6.07, 6.45) is 5.68. The van der Waals surface area contributed by atoms with Gasteiger partial charge in [-0.05, 0) is 49.3 Å². The van der Waals surface area contributed by atoms with Crippen molar-refractivity contribution < 1.29 is 14.4 Å². The van der Waals surface area contributed by atoms with Crippen molar-refractivity contribution >= 4 is 40.3 Å². The average molecular weight is 481 g/mol. The molecule has 1 aromatic rings. The Morgan fingerprint density at radius 1 is 1.11 bits per heavy atom. The number of halogens is 1. The summed E-state index contributed by atoms with van der Waals surface area (Å²) < 4.78 is 0.810. The third-order valence-electron chi connectivity index (χ3n) is 5.84. The molecular weight excluding hydrogens is 457 g/mol. The fourth-order valence-corrected chi connectivity index (χ4v) is 4.98. The van der Waals surface area contributed by atoms with Gasteiger partial charge in [0.2, 0.25) is 11.8 Å². The average Bonchev–Trinajstić information content (AvgIpc) is 2.97. The van der Waals surface area contributed by atoms with E-state index in [0.717, 1.165) is 16.0 Å². The maximum Gasteiger partial charge on any atom is 0.255 e. The van der Waals surface area contributed by atoms with E-state index in [-0.39, 0.29) is 24.1 Å². The van der Waals surface area contributed by atoms with Gasteiger partial charge in [-0.1, -0.05) is 34.7 Å². The van der Waals surface area contributed by atoms with Crippen LogP contribution in [0.25, 0.3) is 0 Å². The highest BCUT2D eigenvalue weighted by atomic mass is 127. The summed E-state index contributed by atoms with van der Waals surface area (Å²) in [7, 11) is 0.